The first-order valence-corrected chi connectivity index (χ1v) is 7.33. The Bertz CT molecular complexity index is 399. The first-order chi connectivity index (χ1) is 8.51. The first-order valence-electron chi connectivity index (χ1n) is 6.25. The lowest BCUT2D eigenvalue weighted by atomic mass is 10.0. The predicted molar refractivity (Wildman–Crippen MR) is 90.6 cm³/mol. The van der Waals surface area contributed by atoms with E-state index in [-0.39, 0.29) is 24.4 Å². The van der Waals surface area contributed by atoms with E-state index in [4.69, 9.17) is 5.73 Å². The Kier molecular flexibility index (Phi) is 9.39. The molecule has 0 fully saturated rings. The van der Waals surface area contributed by atoms with Crippen molar-refractivity contribution in [3.05, 3.63) is 33.4 Å². The number of rotatable bonds is 6. The third-order valence-corrected chi connectivity index (χ3v) is 3.33. The third kappa shape index (κ3) is 7.74. The summed E-state index contributed by atoms with van der Waals surface area (Å²) in [6.07, 6.45) is 1.35. The summed E-state index contributed by atoms with van der Waals surface area (Å²) in [4.78, 5) is 11.9. The van der Waals surface area contributed by atoms with Crippen molar-refractivity contribution in [2.75, 3.05) is 6.54 Å². The van der Waals surface area contributed by atoms with Crippen molar-refractivity contribution in [3.63, 3.8) is 0 Å². The molecule has 1 atom stereocenters. The molecule has 1 aromatic carbocycles. The van der Waals surface area contributed by atoms with Crippen LogP contribution in [0.5, 0.6) is 0 Å². The minimum atomic E-state index is 0. The quantitative estimate of drug-likeness (QED) is 0.727. The number of nitrogens with one attached hydrogen (secondary N) is 1. The fraction of sp³-hybridized carbons (Fsp3) is 0.500. The zero-order valence-electron chi connectivity index (χ0n) is 11.4. The van der Waals surface area contributed by atoms with Gasteiger partial charge in [-0.25, -0.2) is 0 Å². The summed E-state index contributed by atoms with van der Waals surface area (Å²) in [5, 5.41) is 3.00. The zero-order valence-corrected chi connectivity index (χ0v) is 14.3. The molecular formula is C14H22ClIN2O. The highest BCUT2D eigenvalue weighted by Crippen LogP contribution is 2.09. The van der Waals surface area contributed by atoms with E-state index in [1.165, 1.54) is 0 Å². The number of amides is 1. The normalized spacial score (nSPS) is 11.8. The van der Waals surface area contributed by atoms with Gasteiger partial charge in [0.25, 0.3) is 0 Å². The summed E-state index contributed by atoms with van der Waals surface area (Å²) in [5.41, 5.74) is 6.71. The zero-order chi connectivity index (χ0) is 13.5. The molecular weight excluding hydrogens is 375 g/mol. The highest BCUT2D eigenvalue weighted by atomic mass is 127. The van der Waals surface area contributed by atoms with Gasteiger partial charge in [0.15, 0.2) is 0 Å². The molecule has 0 aromatic heterocycles. The van der Waals surface area contributed by atoms with E-state index in [0.29, 0.717) is 18.9 Å². The van der Waals surface area contributed by atoms with E-state index in [0.717, 1.165) is 15.6 Å². The topological polar surface area (TPSA) is 55.1 Å². The van der Waals surface area contributed by atoms with Crippen molar-refractivity contribution in [2.24, 2.45) is 11.7 Å². The van der Waals surface area contributed by atoms with Crippen LogP contribution in [0.25, 0.3) is 0 Å². The van der Waals surface area contributed by atoms with Gasteiger partial charge in [0.1, 0.15) is 0 Å². The number of carbonyl (C=O) groups is 1. The molecule has 0 saturated carbocycles. The third-order valence-electron chi connectivity index (χ3n) is 2.66. The van der Waals surface area contributed by atoms with Crippen LogP contribution in [0.3, 0.4) is 0 Å². The summed E-state index contributed by atoms with van der Waals surface area (Å²) in [6, 6.07) is 8.07. The van der Waals surface area contributed by atoms with Crippen molar-refractivity contribution in [3.8, 4) is 0 Å². The number of hydrogen-bond acceptors (Lipinski definition) is 2. The maximum absolute atomic E-state index is 11.9. The molecule has 3 nitrogen and oxygen atoms in total. The van der Waals surface area contributed by atoms with Gasteiger partial charge in [-0.15, -0.1) is 12.4 Å². The van der Waals surface area contributed by atoms with Gasteiger partial charge in [-0.3, -0.25) is 4.79 Å². The van der Waals surface area contributed by atoms with Crippen LogP contribution >= 0.6 is 35.0 Å². The second-order valence-electron chi connectivity index (χ2n) is 4.94. The lowest BCUT2D eigenvalue weighted by Gasteiger charge is -2.18. The highest BCUT2D eigenvalue weighted by molar-refractivity contribution is 14.1. The van der Waals surface area contributed by atoms with Crippen LogP contribution in [0, 0.1) is 9.49 Å². The summed E-state index contributed by atoms with van der Waals surface area (Å²) in [6.45, 7) is 4.76. The second kappa shape index (κ2) is 9.55. The lowest BCUT2D eigenvalue weighted by molar-refractivity contribution is -0.121. The van der Waals surface area contributed by atoms with Crippen LogP contribution in [0.2, 0.25) is 0 Å². The maximum atomic E-state index is 11.9. The van der Waals surface area contributed by atoms with Crippen molar-refractivity contribution >= 4 is 40.9 Å². The summed E-state index contributed by atoms with van der Waals surface area (Å²) < 4.78 is 1.15. The number of hydrogen-bond donors (Lipinski definition) is 2. The average molecular weight is 397 g/mol. The number of benzene rings is 1. The van der Waals surface area contributed by atoms with Crippen LogP contribution in [0.1, 0.15) is 25.8 Å². The molecule has 19 heavy (non-hydrogen) atoms. The fourth-order valence-corrected chi connectivity index (χ4v) is 2.50. The largest absolute Gasteiger partial charge is 0.352 e. The van der Waals surface area contributed by atoms with Crippen LogP contribution in [-0.4, -0.2) is 18.5 Å². The number of nitrogens with two attached hydrogens (primary N) is 1. The molecule has 1 rings (SSSR count). The van der Waals surface area contributed by atoms with E-state index in [2.05, 4.69) is 41.8 Å². The van der Waals surface area contributed by atoms with Crippen LogP contribution in [0.4, 0.5) is 0 Å². The number of halogens is 2. The Morgan fingerprint density at radius 3 is 2.63 bits per heavy atom. The molecule has 0 aliphatic carbocycles. The number of carbonyl (C=O) groups excluding carboxylic acids is 1. The minimum absolute atomic E-state index is 0. The van der Waals surface area contributed by atoms with Gasteiger partial charge in [-0.1, -0.05) is 26.0 Å². The maximum Gasteiger partial charge on any atom is 0.224 e. The molecule has 0 saturated heterocycles. The summed E-state index contributed by atoms with van der Waals surface area (Å²) >= 11 is 2.25. The molecule has 108 valence electrons. The van der Waals surface area contributed by atoms with Crippen molar-refractivity contribution in [1.82, 2.24) is 5.32 Å². The molecule has 1 unspecified atom stereocenters. The molecule has 3 N–H and O–H groups in total. The van der Waals surface area contributed by atoms with E-state index in [9.17, 15) is 4.79 Å². The Balaban J connectivity index is 0.00000324. The monoisotopic (exact) mass is 396 g/mol. The highest BCUT2D eigenvalue weighted by Gasteiger charge is 2.12. The minimum Gasteiger partial charge on any atom is -0.352 e. The van der Waals surface area contributed by atoms with Gasteiger partial charge in [0.2, 0.25) is 5.91 Å². The fourth-order valence-electron chi connectivity index (χ4n) is 1.89. The molecule has 1 amide bonds. The van der Waals surface area contributed by atoms with E-state index >= 15 is 0 Å². The summed E-state index contributed by atoms with van der Waals surface area (Å²) in [7, 11) is 0. The molecule has 0 radical (unpaired) electrons. The van der Waals surface area contributed by atoms with Crippen molar-refractivity contribution in [1.29, 1.82) is 0 Å². The molecule has 0 aliphatic heterocycles. The van der Waals surface area contributed by atoms with Crippen LogP contribution in [-0.2, 0) is 11.2 Å². The Hall–Kier alpha value is -0.330. The smallest absolute Gasteiger partial charge is 0.224 e. The van der Waals surface area contributed by atoms with Gasteiger partial charge in [-0.2, -0.15) is 0 Å². The Morgan fingerprint density at radius 1 is 1.42 bits per heavy atom. The lowest BCUT2D eigenvalue weighted by Crippen LogP contribution is -2.41. The van der Waals surface area contributed by atoms with Gasteiger partial charge in [-0.05, 0) is 52.6 Å². The molecule has 0 spiro atoms. The SMILES string of the molecule is CC(C)CC(CN)NC(=O)Cc1cccc(I)c1.Cl. The van der Waals surface area contributed by atoms with Crippen molar-refractivity contribution in [2.45, 2.75) is 32.7 Å². The summed E-state index contributed by atoms with van der Waals surface area (Å²) in [5.74, 6) is 0.588. The standard InChI is InChI=1S/C14H21IN2O.ClH/c1-10(2)6-13(9-16)17-14(18)8-11-4-3-5-12(15)7-11;/h3-5,7,10,13H,6,8-9,16H2,1-2H3,(H,17,18);1H. The van der Waals surface area contributed by atoms with E-state index in [1.54, 1.807) is 0 Å². The van der Waals surface area contributed by atoms with Gasteiger partial charge < -0.3 is 11.1 Å². The molecule has 1 aromatic rings. The van der Waals surface area contributed by atoms with E-state index in [1.807, 2.05) is 24.3 Å². The molecule has 0 heterocycles. The van der Waals surface area contributed by atoms with Crippen molar-refractivity contribution < 1.29 is 4.79 Å². The van der Waals surface area contributed by atoms with Gasteiger partial charge >= 0.3 is 0 Å². The molecule has 5 heteroatoms. The van der Waals surface area contributed by atoms with E-state index < -0.39 is 0 Å². The Labute approximate surface area is 135 Å². The van der Waals surface area contributed by atoms with Gasteiger partial charge in [0, 0.05) is 16.2 Å². The van der Waals surface area contributed by atoms with Crippen LogP contribution < -0.4 is 11.1 Å². The predicted octanol–water partition coefficient (Wildman–Crippen LogP) is 2.75. The first kappa shape index (κ1) is 18.7. The average Bonchev–Trinajstić information content (AvgIpc) is 2.27. The van der Waals surface area contributed by atoms with Gasteiger partial charge in [0.05, 0.1) is 6.42 Å². The molecule has 0 bridgehead atoms. The molecule has 0 aliphatic rings. The second-order valence-corrected chi connectivity index (χ2v) is 6.18. The Morgan fingerprint density at radius 2 is 2.11 bits per heavy atom. The van der Waals surface area contributed by atoms with Crippen LogP contribution in [0.15, 0.2) is 24.3 Å².